The molecular formula is C32H42N2P2Se4. The zero-order valence-electron chi connectivity index (χ0n) is 23.3. The van der Waals surface area contributed by atoms with Gasteiger partial charge in [-0.25, -0.2) is 0 Å². The van der Waals surface area contributed by atoms with Crippen LogP contribution in [0.5, 0.6) is 0 Å². The Labute approximate surface area is 269 Å². The summed E-state index contributed by atoms with van der Waals surface area (Å²) in [6.07, 6.45) is 13.6. The third-order valence-electron chi connectivity index (χ3n) is 8.03. The summed E-state index contributed by atoms with van der Waals surface area (Å²) >= 11 is 8.49. The fourth-order valence-corrected chi connectivity index (χ4v) is 28.0. The van der Waals surface area contributed by atoms with Crippen LogP contribution in [0.2, 0.25) is 0 Å². The van der Waals surface area contributed by atoms with E-state index in [2.05, 4.69) is 125 Å². The predicted octanol–water partition coefficient (Wildman–Crippen LogP) is 6.45. The van der Waals surface area contributed by atoms with Crippen molar-refractivity contribution in [1.29, 1.82) is 0 Å². The molecule has 2 N–H and O–H groups in total. The molecular weight excluding hydrogens is 790 g/mol. The molecule has 0 spiro atoms. The summed E-state index contributed by atoms with van der Waals surface area (Å²) in [6, 6.07) is 33.3. The normalized spacial score (nSPS) is 20.0. The van der Waals surface area contributed by atoms with Gasteiger partial charge in [-0.2, -0.15) is 0 Å². The fraction of sp³-hybridized carbons (Fsp3) is 0.438. The summed E-state index contributed by atoms with van der Waals surface area (Å²) in [5, 5.41) is 13.9. The average molecular weight is 832 g/mol. The van der Waals surface area contributed by atoms with Gasteiger partial charge < -0.3 is 0 Å². The van der Waals surface area contributed by atoms with E-state index in [0.29, 0.717) is 41.1 Å². The Morgan fingerprint density at radius 1 is 0.525 bits per heavy atom. The predicted molar refractivity (Wildman–Crippen MR) is 183 cm³/mol. The Morgan fingerprint density at radius 3 is 1.25 bits per heavy atom. The van der Waals surface area contributed by atoms with Gasteiger partial charge in [0.1, 0.15) is 0 Å². The van der Waals surface area contributed by atoms with Crippen LogP contribution in [0.15, 0.2) is 84.9 Å². The molecule has 2 aliphatic rings. The molecule has 2 unspecified atom stereocenters. The molecule has 2 atom stereocenters. The first-order valence-corrected chi connectivity index (χ1v) is 29.6. The third kappa shape index (κ3) is 9.02. The van der Waals surface area contributed by atoms with Gasteiger partial charge in [-0.05, 0) is 0 Å². The molecule has 0 amide bonds. The second-order valence-corrected chi connectivity index (χ2v) is 40.6. The molecule has 40 heavy (non-hydrogen) atoms. The van der Waals surface area contributed by atoms with Gasteiger partial charge in [-0.3, -0.25) is 0 Å². The van der Waals surface area contributed by atoms with Crippen molar-refractivity contribution in [1.82, 2.24) is 10.2 Å². The minimum absolute atomic E-state index is 0.458. The van der Waals surface area contributed by atoms with Crippen molar-refractivity contribution in [2.45, 2.75) is 86.9 Å². The molecule has 0 aliphatic heterocycles. The molecule has 0 aromatic heterocycles. The molecule has 3 aromatic rings. The maximum absolute atomic E-state index is 4.24. The average Bonchev–Trinajstić information content (AvgIpc) is 3.01. The minimum atomic E-state index is -1.52. The monoisotopic (exact) mass is 836 g/mol. The molecule has 0 saturated heterocycles. The van der Waals surface area contributed by atoms with Gasteiger partial charge in [0.05, 0.1) is 0 Å². The van der Waals surface area contributed by atoms with Crippen LogP contribution < -0.4 is 20.8 Å². The van der Waals surface area contributed by atoms with Crippen molar-refractivity contribution in [3.63, 3.8) is 0 Å². The van der Waals surface area contributed by atoms with Gasteiger partial charge in [0, 0.05) is 0 Å². The van der Waals surface area contributed by atoms with Crippen molar-refractivity contribution in [2.24, 2.45) is 0 Å². The van der Waals surface area contributed by atoms with Crippen LogP contribution in [0.25, 0.3) is 0 Å². The van der Waals surface area contributed by atoms with Gasteiger partial charge in [0.15, 0.2) is 0 Å². The van der Waals surface area contributed by atoms with Crippen molar-refractivity contribution in [3.05, 3.63) is 96.1 Å². The standard InChI is InChI=1S/C32H42N2P2Se4/c37-35(31-21-9-3-10-22-31,33-29-17-5-1-6-18-29)39-25-27-15-13-14-16-28(27)26-40-36(38,32-23-11-4-12-24-32)34-30-19-7-2-8-20-30/h3-4,9-16,21-24,29-30H,1-2,5-8,17-20,25-26H2,(H,33,37)(H,34,38). The van der Waals surface area contributed by atoms with E-state index in [4.69, 9.17) is 0 Å². The van der Waals surface area contributed by atoms with Crippen molar-refractivity contribution in [2.75, 3.05) is 0 Å². The molecule has 0 radical (unpaired) electrons. The van der Waals surface area contributed by atoms with Crippen LogP contribution in [-0.4, -0.2) is 71.3 Å². The Bertz CT molecular complexity index is 1190. The molecule has 2 nitrogen and oxygen atoms in total. The molecule has 2 fully saturated rings. The van der Waals surface area contributed by atoms with Gasteiger partial charge >= 0.3 is 272 Å². The molecule has 5 rings (SSSR count). The van der Waals surface area contributed by atoms with Gasteiger partial charge in [-0.15, -0.1) is 0 Å². The molecule has 8 heteroatoms. The van der Waals surface area contributed by atoms with E-state index >= 15 is 0 Å². The molecule has 214 valence electrons. The number of nitrogens with one attached hydrogen (secondary N) is 2. The molecule has 2 saturated carbocycles. The Hall–Kier alpha value is 0.518. The van der Waals surface area contributed by atoms with E-state index in [1.54, 1.807) is 11.1 Å². The van der Waals surface area contributed by atoms with Gasteiger partial charge in [-0.1, -0.05) is 0 Å². The van der Waals surface area contributed by atoms with Crippen LogP contribution in [0.3, 0.4) is 0 Å². The first-order chi connectivity index (χ1) is 19.5. The summed E-state index contributed by atoms with van der Waals surface area (Å²) in [4.78, 5) is 0. The van der Waals surface area contributed by atoms with Crippen molar-refractivity contribution in [3.8, 4) is 0 Å². The number of rotatable bonds is 12. The summed E-state index contributed by atoms with van der Waals surface area (Å²) < 4.78 is -3.04. The molecule has 3 aromatic carbocycles. The van der Waals surface area contributed by atoms with E-state index < -0.39 is 8.70 Å². The summed E-state index contributed by atoms with van der Waals surface area (Å²) in [7, 11) is 0. The summed E-state index contributed by atoms with van der Waals surface area (Å²) in [5.41, 5.74) is 3.14. The molecule has 0 bridgehead atoms. The topological polar surface area (TPSA) is 24.1 Å². The van der Waals surface area contributed by atoms with E-state index in [-0.39, 0.29) is 0 Å². The van der Waals surface area contributed by atoms with Gasteiger partial charge in [0.2, 0.25) is 0 Å². The van der Waals surface area contributed by atoms with E-state index in [1.165, 1.54) is 85.5 Å². The molecule has 0 heterocycles. The first kappa shape index (κ1) is 31.9. The van der Waals surface area contributed by atoms with Crippen LogP contribution >= 0.6 is 8.70 Å². The van der Waals surface area contributed by atoms with Crippen LogP contribution in [0.1, 0.15) is 75.3 Å². The second-order valence-electron chi connectivity index (χ2n) is 11.0. The first-order valence-electron chi connectivity index (χ1n) is 14.8. The van der Waals surface area contributed by atoms with Crippen LogP contribution in [-0.2, 0) is 10.6 Å². The number of benzene rings is 3. The van der Waals surface area contributed by atoms with E-state index in [0.717, 1.165) is 0 Å². The maximum atomic E-state index is 4.24. The quantitative estimate of drug-likeness (QED) is 0.162. The van der Waals surface area contributed by atoms with Crippen LogP contribution in [0.4, 0.5) is 0 Å². The SMILES string of the molecule is [Se]=P(NC1CCCCC1)([Se]Cc1ccccc1C[Se]P(=[Se])(NC1CCCCC1)c1ccccc1)c1ccccc1. The Morgan fingerprint density at radius 2 is 0.875 bits per heavy atom. The number of hydrogen-bond acceptors (Lipinski definition) is 2. The zero-order chi connectivity index (χ0) is 27.7. The van der Waals surface area contributed by atoms with Crippen molar-refractivity contribution < 1.29 is 0 Å². The zero-order valence-corrected chi connectivity index (χ0v) is 31.9. The van der Waals surface area contributed by atoms with E-state index in [1.807, 2.05) is 0 Å². The fourth-order valence-electron chi connectivity index (χ4n) is 5.73. The summed E-state index contributed by atoms with van der Waals surface area (Å²) in [6.45, 7) is 0. The summed E-state index contributed by atoms with van der Waals surface area (Å²) in [5.74, 6) is 0. The van der Waals surface area contributed by atoms with Gasteiger partial charge in [0.25, 0.3) is 0 Å². The third-order valence-corrected chi connectivity index (χ3v) is 34.7. The van der Waals surface area contributed by atoms with E-state index in [9.17, 15) is 0 Å². The second kappa shape index (κ2) is 16.0. The van der Waals surface area contributed by atoms with Crippen molar-refractivity contribution >= 4 is 78.5 Å². The Balaban J connectivity index is 1.32. The van der Waals surface area contributed by atoms with Crippen LogP contribution in [0, 0.1) is 0 Å². The Kier molecular flexibility index (Phi) is 12.8. The molecule has 2 aliphatic carbocycles. The number of hydrogen-bond donors (Lipinski definition) is 2.